The summed E-state index contributed by atoms with van der Waals surface area (Å²) in [6.45, 7) is 0.964. The molecule has 0 unspecified atom stereocenters. The van der Waals surface area contributed by atoms with Gasteiger partial charge in [0.15, 0.2) is 0 Å². The Morgan fingerprint density at radius 1 is 1.00 bits per heavy atom. The third kappa shape index (κ3) is 4.07. The maximum absolute atomic E-state index is 13.5. The fourth-order valence-electron chi connectivity index (χ4n) is 2.84. The summed E-state index contributed by atoms with van der Waals surface area (Å²) in [5.41, 5.74) is 0.154. The molecule has 1 fully saturated rings. The Kier molecular flexibility index (Phi) is 5.41. The van der Waals surface area contributed by atoms with Crippen molar-refractivity contribution in [2.45, 2.75) is 22.6 Å². The van der Waals surface area contributed by atoms with E-state index < -0.39 is 25.9 Å². The number of ether oxygens (including phenoxy) is 1. The van der Waals surface area contributed by atoms with Gasteiger partial charge in [-0.05, 0) is 55.3 Å². The molecule has 0 radical (unpaired) electrons. The third-order valence-corrected chi connectivity index (χ3v) is 7.54. The van der Waals surface area contributed by atoms with Crippen molar-refractivity contribution in [3.05, 3.63) is 48.3 Å². The van der Waals surface area contributed by atoms with Crippen molar-refractivity contribution >= 4 is 25.7 Å². The maximum Gasteiger partial charge on any atom is 0.265 e. The minimum Gasteiger partial charge on any atom is -0.495 e. The van der Waals surface area contributed by atoms with E-state index in [0.717, 1.165) is 25.0 Å². The molecule has 0 saturated carbocycles. The number of sulfonamides is 2. The second-order valence-electron chi connectivity index (χ2n) is 6.04. The van der Waals surface area contributed by atoms with E-state index in [-0.39, 0.29) is 21.2 Å². The highest BCUT2D eigenvalue weighted by molar-refractivity contribution is 7.92. The SMILES string of the molecule is COc1ccc(F)cc1S(=O)(=O)Nc1ccc(S(=O)(=O)N2CCCC2)cc1. The van der Waals surface area contributed by atoms with Gasteiger partial charge < -0.3 is 4.74 Å². The minimum absolute atomic E-state index is 0.00266. The Morgan fingerprint density at radius 3 is 2.22 bits per heavy atom. The quantitative estimate of drug-likeness (QED) is 0.784. The molecule has 0 atom stereocenters. The maximum atomic E-state index is 13.5. The number of benzene rings is 2. The van der Waals surface area contributed by atoms with Crippen LogP contribution in [0.5, 0.6) is 5.75 Å². The van der Waals surface area contributed by atoms with E-state index in [1.54, 1.807) is 0 Å². The lowest BCUT2D eigenvalue weighted by atomic mass is 10.3. The standard InChI is InChI=1S/C17H19FN2O5S2/c1-25-16-9-4-13(18)12-17(16)26(21,22)19-14-5-7-15(8-6-14)27(23,24)20-10-2-3-11-20/h4-9,12,19H,2-3,10-11H2,1H3. The van der Waals surface area contributed by atoms with Gasteiger partial charge in [0.25, 0.3) is 10.0 Å². The molecule has 1 heterocycles. The smallest absolute Gasteiger partial charge is 0.265 e. The number of methoxy groups -OCH3 is 1. The summed E-state index contributed by atoms with van der Waals surface area (Å²) >= 11 is 0. The summed E-state index contributed by atoms with van der Waals surface area (Å²) in [6, 6.07) is 8.56. The summed E-state index contributed by atoms with van der Waals surface area (Å²) in [4.78, 5) is -0.255. The van der Waals surface area contributed by atoms with Gasteiger partial charge in [-0.25, -0.2) is 21.2 Å². The number of halogens is 1. The lowest BCUT2D eigenvalue weighted by molar-refractivity contribution is 0.401. The zero-order chi connectivity index (χ0) is 19.7. The van der Waals surface area contributed by atoms with Crippen LogP contribution in [0.4, 0.5) is 10.1 Å². The molecule has 1 N–H and O–H groups in total. The van der Waals surface area contributed by atoms with Gasteiger partial charge in [0, 0.05) is 18.8 Å². The van der Waals surface area contributed by atoms with Gasteiger partial charge in [0.2, 0.25) is 10.0 Å². The molecule has 1 aliphatic rings. The molecule has 27 heavy (non-hydrogen) atoms. The van der Waals surface area contributed by atoms with Crippen LogP contribution in [0.2, 0.25) is 0 Å². The molecule has 3 rings (SSSR count). The molecule has 146 valence electrons. The first kappa shape index (κ1) is 19.6. The van der Waals surface area contributed by atoms with E-state index in [0.29, 0.717) is 13.1 Å². The van der Waals surface area contributed by atoms with Gasteiger partial charge in [0.1, 0.15) is 16.5 Å². The molecule has 0 aromatic heterocycles. The normalized spacial score (nSPS) is 15.6. The van der Waals surface area contributed by atoms with Crippen LogP contribution in [0.15, 0.2) is 52.3 Å². The Hall–Kier alpha value is -2.17. The molecular formula is C17H19FN2O5S2. The molecule has 7 nitrogen and oxygen atoms in total. The highest BCUT2D eigenvalue weighted by Crippen LogP contribution is 2.27. The summed E-state index contributed by atoms with van der Waals surface area (Å²) < 4.78 is 72.2. The molecule has 0 aliphatic carbocycles. The summed E-state index contributed by atoms with van der Waals surface area (Å²) in [7, 11) is -6.42. The monoisotopic (exact) mass is 414 g/mol. The van der Waals surface area contributed by atoms with E-state index in [2.05, 4.69) is 4.72 Å². The number of hydrogen-bond acceptors (Lipinski definition) is 5. The van der Waals surface area contributed by atoms with Crippen LogP contribution in [0.25, 0.3) is 0 Å². The Labute approximate surface area is 157 Å². The number of hydrogen-bond donors (Lipinski definition) is 1. The first-order valence-corrected chi connectivity index (χ1v) is 11.1. The van der Waals surface area contributed by atoms with Gasteiger partial charge in [0.05, 0.1) is 12.0 Å². The zero-order valence-corrected chi connectivity index (χ0v) is 16.2. The van der Waals surface area contributed by atoms with Crippen LogP contribution < -0.4 is 9.46 Å². The van der Waals surface area contributed by atoms with Gasteiger partial charge in [-0.1, -0.05) is 0 Å². The van der Waals surface area contributed by atoms with Gasteiger partial charge >= 0.3 is 0 Å². The Bertz CT molecular complexity index is 1030. The summed E-state index contributed by atoms with van der Waals surface area (Å²) in [5, 5.41) is 0. The van der Waals surface area contributed by atoms with E-state index in [1.165, 1.54) is 41.7 Å². The van der Waals surface area contributed by atoms with Gasteiger partial charge in [-0.3, -0.25) is 4.72 Å². The highest BCUT2D eigenvalue weighted by atomic mass is 32.2. The first-order chi connectivity index (χ1) is 12.7. The van der Waals surface area contributed by atoms with Gasteiger partial charge in [-0.15, -0.1) is 0 Å². The molecule has 0 bridgehead atoms. The van der Waals surface area contributed by atoms with Crippen LogP contribution in [0.3, 0.4) is 0 Å². The largest absolute Gasteiger partial charge is 0.495 e. The van der Waals surface area contributed by atoms with E-state index in [9.17, 15) is 21.2 Å². The van der Waals surface area contributed by atoms with E-state index in [1.807, 2.05) is 0 Å². The van der Waals surface area contributed by atoms with Crippen LogP contribution in [0, 0.1) is 5.82 Å². The number of rotatable bonds is 6. The Morgan fingerprint density at radius 2 is 1.63 bits per heavy atom. The fourth-order valence-corrected chi connectivity index (χ4v) is 5.60. The zero-order valence-electron chi connectivity index (χ0n) is 14.6. The van der Waals surface area contributed by atoms with Crippen molar-refractivity contribution < 1.29 is 26.0 Å². The topological polar surface area (TPSA) is 92.8 Å². The third-order valence-electron chi connectivity index (χ3n) is 4.22. The van der Waals surface area contributed by atoms with E-state index >= 15 is 0 Å². The van der Waals surface area contributed by atoms with Crippen molar-refractivity contribution in [2.24, 2.45) is 0 Å². The van der Waals surface area contributed by atoms with E-state index in [4.69, 9.17) is 4.74 Å². The average molecular weight is 414 g/mol. The second kappa shape index (κ2) is 7.45. The summed E-state index contributed by atoms with van der Waals surface area (Å²) in [5.74, 6) is -0.722. The van der Waals surface area contributed by atoms with Crippen LogP contribution >= 0.6 is 0 Å². The van der Waals surface area contributed by atoms with Gasteiger partial charge in [-0.2, -0.15) is 4.31 Å². The van der Waals surface area contributed by atoms with Crippen LogP contribution in [0.1, 0.15) is 12.8 Å². The predicted molar refractivity (Wildman–Crippen MR) is 98.2 cm³/mol. The number of anilines is 1. The molecule has 1 aliphatic heterocycles. The molecular weight excluding hydrogens is 395 g/mol. The molecule has 0 spiro atoms. The average Bonchev–Trinajstić information content (AvgIpc) is 3.17. The van der Waals surface area contributed by atoms with Crippen molar-refractivity contribution in [1.29, 1.82) is 0 Å². The lowest BCUT2D eigenvalue weighted by Gasteiger charge is -2.16. The highest BCUT2D eigenvalue weighted by Gasteiger charge is 2.27. The van der Waals surface area contributed by atoms with Crippen LogP contribution in [-0.2, 0) is 20.0 Å². The molecule has 10 heteroatoms. The fraction of sp³-hybridized carbons (Fsp3) is 0.294. The summed E-state index contributed by atoms with van der Waals surface area (Å²) in [6.07, 6.45) is 1.65. The van der Waals surface area contributed by atoms with Crippen molar-refractivity contribution in [3.8, 4) is 5.75 Å². The number of nitrogens with zero attached hydrogens (tertiary/aromatic N) is 1. The molecule has 2 aromatic carbocycles. The first-order valence-electron chi connectivity index (χ1n) is 8.20. The van der Waals surface area contributed by atoms with Crippen molar-refractivity contribution in [1.82, 2.24) is 4.31 Å². The minimum atomic E-state index is -4.12. The Balaban J connectivity index is 1.85. The van der Waals surface area contributed by atoms with Crippen molar-refractivity contribution in [3.63, 3.8) is 0 Å². The lowest BCUT2D eigenvalue weighted by Crippen LogP contribution is -2.27. The molecule has 2 aromatic rings. The molecule has 1 saturated heterocycles. The van der Waals surface area contributed by atoms with Crippen molar-refractivity contribution in [2.75, 3.05) is 24.9 Å². The van der Waals surface area contributed by atoms with Crippen LogP contribution in [-0.4, -0.2) is 41.3 Å². The molecule has 0 amide bonds. The number of nitrogens with one attached hydrogen (secondary N) is 1. The second-order valence-corrected chi connectivity index (χ2v) is 9.63. The predicted octanol–water partition coefficient (Wildman–Crippen LogP) is 2.42.